The van der Waals surface area contributed by atoms with Crippen LogP contribution in [0.2, 0.25) is 5.02 Å². The molecule has 162 valence electrons. The van der Waals surface area contributed by atoms with Gasteiger partial charge in [0.05, 0.1) is 12.1 Å². The largest absolute Gasteiger partial charge is 1.00 e. The van der Waals surface area contributed by atoms with Crippen LogP contribution in [-0.4, -0.2) is 26.7 Å². The van der Waals surface area contributed by atoms with Crippen LogP contribution < -0.4 is 44.9 Å². The van der Waals surface area contributed by atoms with E-state index in [1.807, 2.05) is 12.1 Å². The van der Waals surface area contributed by atoms with Crippen molar-refractivity contribution in [1.82, 2.24) is 10.6 Å². The van der Waals surface area contributed by atoms with Gasteiger partial charge in [0.15, 0.2) is 11.5 Å². The van der Waals surface area contributed by atoms with Gasteiger partial charge in [0.1, 0.15) is 6.61 Å². The Morgan fingerprint density at radius 3 is 2.41 bits per heavy atom. The first-order chi connectivity index (χ1) is 13.2. The molecule has 4 nitrogen and oxygen atoms in total. The Kier molecular flexibility index (Phi) is 11.8. The quantitative estimate of drug-likeness (QED) is 0.496. The van der Waals surface area contributed by atoms with Crippen molar-refractivity contribution in [3.05, 3.63) is 58.1 Å². The first-order valence-electron chi connectivity index (χ1n) is 9.62. The van der Waals surface area contributed by atoms with Gasteiger partial charge in [-0.3, -0.25) is 0 Å². The summed E-state index contributed by atoms with van der Waals surface area (Å²) in [5.74, 6) is 2.02. The van der Waals surface area contributed by atoms with E-state index in [9.17, 15) is 0 Å². The molecule has 0 bridgehead atoms. The minimum absolute atomic E-state index is 0. The molecule has 3 rings (SSSR count). The highest BCUT2D eigenvalue weighted by Gasteiger charge is 2.14. The van der Waals surface area contributed by atoms with Crippen molar-refractivity contribution in [3.8, 4) is 11.5 Å². The van der Waals surface area contributed by atoms with Gasteiger partial charge in [0.2, 0.25) is 0 Å². The number of benzene rings is 2. The minimum atomic E-state index is 0. The van der Waals surface area contributed by atoms with Crippen LogP contribution in [-0.2, 0) is 13.2 Å². The number of methoxy groups -OCH3 is 1. The van der Waals surface area contributed by atoms with Crippen molar-refractivity contribution in [3.63, 3.8) is 0 Å². The van der Waals surface area contributed by atoms with Crippen molar-refractivity contribution >= 4 is 11.6 Å². The molecular weight excluding hydrogens is 431 g/mol. The van der Waals surface area contributed by atoms with Gasteiger partial charge in [-0.2, -0.15) is 0 Å². The third-order valence-electron chi connectivity index (χ3n) is 5.01. The molecule has 0 atom stereocenters. The summed E-state index contributed by atoms with van der Waals surface area (Å²) in [6, 6.07) is 12.3. The highest BCUT2D eigenvalue weighted by molar-refractivity contribution is 6.32. The SMILES string of the molecule is COc1cc(CNCC2CCNCC2)cc(Cl)c1OCc1ccc(C)cc1.[Cl-].[Cl-]. The molecule has 1 aliphatic heterocycles. The van der Waals surface area contributed by atoms with Crippen LogP contribution >= 0.6 is 11.6 Å². The lowest BCUT2D eigenvalue weighted by molar-refractivity contribution is -0.001000. The monoisotopic (exact) mass is 458 g/mol. The van der Waals surface area contributed by atoms with Crippen LogP contribution in [0.4, 0.5) is 0 Å². The molecule has 1 heterocycles. The van der Waals surface area contributed by atoms with Crippen molar-refractivity contribution in [2.24, 2.45) is 5.92 Å². The number of aryl methyl sites for hydroxylation is 1. The molecule has 0 radical (unpaired) electrons. The summed E-state index contributed by atoms with van der Waals surface area (Å²) in [6.45, 7) is 6.59. The van der Waals surface area contributed by atoms with Gasteiger partial charge in [-0.15, -0.1) is 0 Å². The Labute approximate surface area is 191 Å². The maximum atomic E-state index is 6.49. The van der Waals surface area contributed by atoms with Crippen LogP contribution in [0.3, 0.4) is 0 Å². The van der Waals surface area contributed by atoms with Crippen LogP contribution in [0.15, 0.2) is 36.4 Å². The first kappa shape index (κ1) is 25.9. The fraction of sp³-hybridized carbons (Fsp3) is 0.455. The van der Waals surface area contributed by atoms with Gasteiger partial charge in [-0.05, 0) is 68.6 Å². The van der Waals surface area contributed by atoms with Gasteiger partial charge in [-0.25, -0.2) is 0 Å². The number of hydrogen-bond donors (Lipinski definition) is 2. The van der Waals surface area contributed by atoms with E-state index in [1.165, 1.54) is 18.4 Å². The predicted molar refractivity (Wildman–Crippen MR) is 111 cm³/mol. The molecule has 1 saturated heterocycles. The number of nitrogens with one attached hydrogen (secondary N) is 2. The van der Waals surface area contributed by atoms with Gasteiger partial charge < -0.3 is 44.9 Å². The van der Waals surface area contributed by atoms with E-state index in [2.05, 4.69) is 41.8 Å². The van der Waals surface area contributed by atoms with Crippen LogP contribution in [0.25, 0.3) is 0 Å². The molecule has 0 saturated carbocycles. The lowest BCUT2D eigenvalue weighted by Gasteiger charge is -2.23. The first-order valence-corrected chi connectivity index (χ1v) is 9.99. The molecule has 1 fully saturated rings. The third kappa shape index (κ3) is 7.88. The maximum Gasteiger partial charge on any atom is 0.180 e. The van der Waals surface area contributed by atoms with E-state index in [4.69, 9.17) is 21.1 Å². The smallest absolute Gasteiger partial charge is 0.180 e. The van der Waals surface area contributed by atoms with Crippen molar-refractivity contribution < 1.29 is 34.3 Å². The molecule has 29 heavy (non-hydrogen) atoms. The van der Waals surface area contributed by atoms with Crippen molar-refractivity contribution in [2.45, 2.75) is 32.9 Å². The number of ether oxygens (including phenoxy) is 2. The second-order valence-electron chi connectivity index (χ2n) is 7.21. The zero-order chi connectivity index (χ0) is 19.1. The Morgan fingerprint density at radius 1 is 1.07 bits per heavy atom. The highest BCUT2D eigenvalue weighted by Crippen LogP contribution is 2.37. The van der Waals surface area contributed by atoms with Crippen LogP contribution in [0, 0.1) is 12.8 Å². The zero-order valence-electron chi connectivity index (χ0n) is 16.9. The Hall–Kier alpha value is -1.17. The van der Waals surface area contributed by atoms with Crippen LogP contribution in [0.1, 0.15) is 29.5 Å². The summed E-state index contributed by atoms with van der Waals surface area (Å²) >= 11 is 6.49. The number of rotatable bonds is 8. The molecule has 0 unspecified atom stereocenters. The number of halogens is 3. The summed E-state index contributed by atoms with van der Waals surface area (Å²) < 4.78 is 11.5. The summed E-state index contributed by atoms with van der Waals surface area (Å²) in [5.41, 5.74) is 3.44. The standard InChI is InChI=1S/C22H29ClN2O2.2ClH/c1-16-3-5-18(6-4-16)15-27-22-20(23)11-19(12-21(22)26-2)14-25-13-17-7-9-24-10-8-17;;/h3-6,11-12,17,24-25H,7-10,13-15H2,1-2H3;2*1H/p-2. The molecule has 2 aromatic carbocycles. The molecule has 7 heteroatoms. The number of piperidine rings is 1. The van der Waals surface area contributed by atoms with E-state index >= 15 is 0 Å². The molecule has 2 aromatic rings. The fourth-order valence-electron chi connectivity index (χ4n) is 3.36. The van der Waals surface area contributed by atoms with Crippen molar-refractivity contribution in [2.75, 3.05) is 26.7 Å². The van der Waals surface area contributed by atoms with Gasteiger partial charge in [0.25, 0.3) is 0 Å². The maximum absolute atomic E-state index is 6.49. The molecular formula is C22H29Cl3N2O2-2. The summed E-state index contributed by atoms with van der Waals surface area (Å²) in [4.78, 5) is 0. The lowest BCUT2D eigenvalue weighted by Crippen LogP contribution is -3.00. The summed E-state index contributed by atoms with van der Waals surface area (Å²) in [5, 5.41) is 7.54. The summed E-state index contributed by atoms with van der Waals surface area (Å²) in [6.07, 6.45) is 2.48. The second-order valence-corrected chi connectivity index (χ2v) is 7.61. The van der Waals surface area contributed by atoms with Crippen molar-refractivity contribution in [1.29, 1.82) is 0 Å². The van der Waals surface area contributed by atoms with E-state index in [0.29, 0.717) is 23.1 Å². The summed E-state index contributed by atoms with van der Waals surface area (Å²) in [7, 11) is 1.65. The third-order valence-corrected chi connectivity index (χ3v) is 5.29. The normalized spacial score (nSPS) is 13.9. The minimum Gasteiger partial charge on any atom is -1.00 e. The Balaban J connectivity index is 0.00000210. The molecule has 2 N–H and O–H groups in total. The van der Waals surface area contributed by atoms with E-state index in [0.717, 1.165) is 43.2 Å². The van der Waals surface area contributed by atoms with Gasteiger partial charge in [0, 0.05) is 6.54 Å². The zero-order valence-corrected chi connectivity index (χ0v) is 19.2. The van der Waals surface area contributed by atoms with Gasteiger partial charge in [-0.1, -0.05) is 41.4 Å². The fourth-order valence-corrected chi connectivity index (χ4v) is 3.65. The van der Waals surface area contributed by atoms with E-state index in [-0.39, 0.29) is 24.8 Å². The molecule has 0 spiro atoms. The highest BCUT2D eigenvalue weighted by atomic mass is 35.5. The number of hydrogen-bond acceptors (Lipinski definition) is 4. The average molecular weight is 460 g/mol. The van der Waals surface area contributed by atoms with Gasteiger partial charge >= 0.3 is 0 Å². The molecule has 0 aliphatic carbocycles. The predicted octanol–water partition coefficient (Wildman–Crippen LogP) is -1.67. The molecule has 0 aromatic heterocycles. The average Bonchev–Trinajstić information content (AvgIpc) is 2.69. The van der Waals surface area contributed by atoms with E-state index in [1.54, 1.807) is 7.11 Å². The topological polar surface area (TPSA) is 42.5 Å². The Bertz CT molecular complexity index is 736. The lowest BCUT2D eigenvalue weighted by atomic mass is 9.98. The van der Waals surface area contributed by atoms with Crippen LogP contribution in [0.5, 0.6) is 11.5 Å². The van der Waals surface area contributed by atoms with E-state index < -0.39 is 0 Å². The molecule has 0 amide bonds. The Morgan fingerprint density at radius 2 is 1.76 bits per heavy atom. The second kappa shape index (κ2) is 13.2. The molecule has 1 aliphatic rings.